The van der Waals surface area contributed by atoms with Crippen LogP contribution in [0.2, 0.25) is 0 Å². The van der Waals surface area contributed by atoms with Gasteiger partial charge >= 0.3 is 0 Å². The van der Waals surface area contributed by atoms with Crippen molar-refractivity contribution in [3.8, 4) is 22.3 Å². The minimum Gasteiger partial charge on any atom is -0.0664 e. The quantitative estimate of drug-likeness (QED) is 0.137. The molecule has 0 heterocycles. The highest BCUT2D eigenvalue weighted by atomic mass is 14.2. The third kappa shape index (κ3) is 7.35. The number of benzene rings is 7. The van der Waals surface area contributed by atoms with Crippen LogP contribution in [0.15, 0.2) is 121 Å². The molecule has 0 aromatic heterocycles. The van der Waals surface area contributed by atoms with Gasteiger partial charge in [-0.3, -0.25) is 0 Å². The Bertz CT molecular complexity index is 2220. The third-order valence-corrected chi connectivity index (χ3v) is 12.2. The Morgan fingerprint density at radius 3 is 0.714 bits per heavy atom. The molecule has 7 aromatic carbocycles. The van der Waals surface area contributed by atoms with E-state index in [0.717, 1.165) is 0 Å². The molecule has 278 valence electrons. The van der Waals surface area contributed by atoms with Crippen LogP contribution in [-0.2, 0) is 0 Å². The van der Waals surface area contributed by atoms with Gasteiger partial charge in [0.1, 0.15) is 0 Å². The molecular weight excluding hydrogens is 670 g/mol. The van der Waals surface area contributed by atoms with Crippen molar-refractivity contribution in [2.24, 2.45) is 0 Å². The van der Waals surface area contributed by atoms with Crippen LogP contribution in [0, 0.1) is 83.1 Å². The summed E-state index contributed by atoms with van der Waals surface area (Å²) in [4.78, 5) is 0. The van der Waals surface area contributed by atoms with Gasteiger partial charge in [-0.05, 0) is 105 Å². The van der Waals surface area contributed by atoms with Gasteiger partial charge in [-0.1, -0.05) is 221 Å². The maximum absolute atomic E-state index is 2.36. The van der Waals surface area contributed by atoms with E-state index in [1.807, 2.05) is 0 Å². The number of hydrogen-bond acceptors (Lipinski definition) is 0. The molecule has 0 N–H and O–H groups in total. The normalized spacial score (nSPS) is 11.2. The first-order valence-corrected chi connectivity index (χ1v) is 20.3. The summed E-state index contributed by atoms with van der Waals surface area (Å²) >= 11 is 0. The second-order valence-electron chi connectivity index (χ2n) is 16.9. The molecule has 0 atom stereocenters. The van der Waals surface area contributed by atoms with Crippen molar-refractivity contribution in [2.45, 2.75) is 83.1 Å². The van der Waals surface area contributed by atoms with Gasteiger partial charge < -0.3 is 0 Å². The van der Waals surface area contributed by atoms with Gasteiger partial charge in [-0.25, -0.2) is 0 Å². The molecule has 0 bridgehead atoms. The number of hydrogen-bond donors (Lipinski definition) is 0. The maximum Gasteiger partial charge on any atom is 0.243 e. The van der Waals surface area contributed by atoms with Gasteiger partial charge in [0.05, 0.1) is 0 Å². The second kappa shape index (κ2) is 15.7. The number of aryl methyl sites for hydroxylation is 12. The lowest BCUT2D eigenvalue weighted by atomic mass is 9.33. The SMILES string of the molecule is Cc1cc(C)c(B(c2ccccc2-c2ccc(-c3ccccc3B(c3c(C)cc(C)cc3C)c3c(C)cc(C)cc3C)cc2)c2c(C)cc(C)cc2C)c(C)c1. The molecule has 0 saturated carbocycles. The third-order valence-electron chi connectivity index (χ3n) is 12.2. The Morgan fingerprint density at radius 2 is 0.482 bits per heavy atom. The predicted molar refractivity (Wildman–Crippen MR) is 249 cm³/mol. The first-order valence-electron chi connectivity index (χ1n) is 20.3. The molecule has 0 spiro atoms. The Hall–Kier alpha value is -5.33. The van der Waals surface area contributed by atoms with E-state index in [9.17, 15) is 0 Å². The van der Waals surface area contributed by atoms with Crippen LogP contribution in [0.25, 0.3) is 22.3 Å². The fraction of sp³-hybridized carbons (Fsp3) is 0.222. The Labute approximate surface area is 338 Å². The molecule has 0 nitrogen and oxygen atoms in total. The monoisotopic (exact) mass is 726 g/mol. The van der Waals surface area contributed by atoms with Gasteiger partial charge in [-0.2, -0.15) is 0 Å². The minimum atomic E-state index is 0.107. The van der Waals surface area contributed by atoms with Crippen LogP contribution in [0.5, 0.6) is 0 Å². The first-order chi connectivity index (χ1) is 26.7. The van der Waals surface area contributed by atoms with E-state index in [2.05, 4.69) is 204 Å². The summed E-state index contributed by atoms with van der Waals surface area (Å²) in [6.07, 6.45) is 0. The molecule has 0 saturated heterocycles. The first kappa shape index (κ1) is 38.9. The molecule has 2 heteroatoms. The average molecular weight is 727 g/mol. The van der Waals surface area contributed by atoms with E-state index in [-0.39, 0.29) is 13.4 Å². The van der Waals surface area contributed by atoms with Crippen molar-refractivity contribution in [2.75, 3.05) is 0 Å². The molecule has 0 aliphatic carbocycles. The van der Waals surface area contributed by atoms with E-state index in [1.165, 1.54) is 122 Å². The standard InChI is InChI=1S/C54H56B2/c1-33-25-37(5)51(38(6)26-33)55(52-39(7)27-34(2)28-40(52)8)49-19-15-13-17-47(49)45-21-23-46(24-22-45)48-18-14-16-20-50(48)56(53-41(9)29-35(3)30-42(53)10)54-43(11)31-36(4)32-44(54)12/h13-32H,1-12H3. The highest BCUT2D eigenvalue weighted by Gasteiger charge is 2.32. The predicted octanol–water partition coefficient (Wildman–Crippen LogP) is 9.75. The highest BCUT2D eigenvalue weighted by molar-refractivity contribution is 6.98. The summed E-state index contributed by atoms with van der Waals surface area (Å²) in [5, 5.41) is 0. The van der Waals surface area contributed by atoms with Crippen molar-refractivity contribution in [3.05, 3.63) is 188 Å². The molecule has 0 aliphatic heterocycles. The van der Waals surface area contributed by atoms with Crippen molar-refractivity contribution in [1.29, 1.82) is 0 Å². The summed E-state index contributed by atoms with van der Waals surface area (Å²) in [5.74, 6) is 0. The van der Waals surface area contributed by atoms with Crippen LogP contribution in [-0.4, -0.2) is 13.4 Å². The van der Waals surface area contributed by atoms with Crippen LogP contribution in [0.3, 0.4) is 0 Å². The molecule has 0 aliphatic rings. The lowest BCUT2D eigenvalue weighted by Crippen LogP contribution is -2.56. The van der Waals surface area contributed by atoms with Crippen LogP contribution in [0.4, 0.5) is 0 Å². The largest absolute Gasteiger partial charge is 0.243 e. The Balaban J connectivity index is 1.40. The molecule has 56 heavy (non-hydrogen) atoms. The van der Waals surface area contributed by atoms with Gasteiger partial charge in [0.15, 0.2) is 0 Å². The molecule has 7 aromatic rings. The van der Waals surface area contributed by atoms with Crippen molar-refractivity contribution in [1.82, 2.24) is 0 Å². The fourth-order valence-electron chi connectivity index (χ4n) is 10.3. The molecule has 0 fully saturated rings. The zero-order valence-electron chi connectivity index (χ0n) is 35.7. The van der Waals surface area contributed by atoms with Gasteiger partial charge in [0.2, 0.25) is 13.4 Å². The van der Waals surface area contributed by atoms with E-state index in [4.69, 9.17) is 0 Å². The van der Waals surface area contributed by atoms with E-state index in [0.29, 0.717) is 0 Å². The van der Waals surface area contributed by atoms with Crippen LogP contribution >= 0.6 is 0 Å². The highest BCUT2D eigenvalue weighted by Crippen LogP contribution is 2.26. The Kier molecular flexibility index (Phi) is 10.9. The van der Waals surface area contributed by atoms with Crippen LogP contribution < -0.4 is 32.8 Å². The van der Waals surface area contributed by atoms with Crippen molar-refractivity contribution < 1.29 is 0 Å². The van der Waals surface area contributed by atoms with Crippen LogP contribution in [0.1, 0.15) is 66.8 Å². The summed E-state index contributed by atoms with van der Waals surface area (Å²) in [6.45, 7) is 27.4. The summed E-state index contributed by atoms with van der Waals surface area (Å²) < 4.78 is 0. The van der Waals surface area contributed by atoms with Crippen molar-refractivity contribution in [3.63, 3.8) is 0 Å². The van der Waals surface area contributed by atoms with Gasteiger partial charge in [0.25, 0.3) is 0 Å². The Morgan fingerprint density at radius 1 is 0.268 bits per heavy atom. The average Bonchev–Trinajstić information content (AvgIpc) is 3.12. The summed E-state index contributed by atoms with van der Waals surface area (Å²) in [6, 6.07) is 46.5. The maximum atomic E-state index is 2.36. The fourth-order valence-corrected chi connectivity index (χ4v) is 10.3. The van der Waals surface area contributed by atoms with Crippen molar-refractivity contribution >= 4 is 46.2 Å². The lowest BCUT2D eigenvalue weighted by Gasteiger charge is -2.27. The second-order valence-corrected chi connectivity index (χ2v) is 16.9. The van der Waals surface area contributed by atoms with E-state index < -0.39 is 0 Å². The smallest absolute Gasteiger partial charge is 0.0664 e. The van der Waals surface area contributed by atoms with E-state index >= 15 is 0 Å². The molecule has 7 rings (SSSR count). The summed E-state index contributed by atoms with van der Waals surface area (Å²) in [7, 11) is 0. The lowest BCUT2D eigenvalue weighted by molar-refractivity contribution is 1.34. The van der Waals surface area contributed by atoms with Gasteiger partial charge in [0, 0.05) is 0 Å². The molecule has 0 unspecified atom stereocenters. The zero-order valence-corrected chi connectivity index (χ0v) is 35.7. The minimum absolute atomic E-state index is 0.107. The topological polar surface area (TPSA) is 0 Å². The summed E-state index contributed by atoms with van der Waals surface area (Å²) in [5.41, 5.74) is 29.4. The van der Waals surface area contributed by atoms with E-state index in [1.54, 1.807) is 0 Å². The number of rotatable bonds is 8. The zero-order chi connectivity index (χ0) is 40.0. The molecular formula is C54H56B2. The van der Waals surface area contributed by atoms with Gasteiger partial charge in [-0.15, -0.1) is 0 Å². The molecule has 0 amide bonds. The molecule has 0 radical (unpaired) electrons.